The molecule has 0 unspecified atom stereocenters. The lowest BCUT2D eigenvalue weighted by molar-refractivity contribution is 0.237. The number of nitrogens with two attached hydrogens (primary N) is 2. The normalized spacial score (nSPS) is 26.3. The summed E-state index contributed by atoms with van der Waals surface area (Å²) in [5.74, 6) is 1.65. The first-order chi connectivity index (χ1) is 10.2. The number of nitrogen functional groups attached to an aromatic ring is 1. The minimum Gasteiger partial charge on any atom is -0.369 e. The van der Waals surface area contributed by atoms with Crippen molar-refractivity contribution in [3.63, 3.8) is 0 Å². The van der Waals surface area contributed by atoms with Crippen LogP contribution in [-0.4, -0.2) is 47.1 Å². The summed E-state index contributed by atoms with van der Waals surface area (Å²) in [5, 5.41) is 3.38. The highest BCUT2D eigenvalue weighted by Gasteiger charge is 2.29. The van der Waals surface area contributed by atoms with Crippen molar-refractivity contribution in [2.75, 3.05) is 37.2 Å². The number of nitrogens with zero attached hydrogens (tertiary/aromatic N) is 3. The Morgan fingerprint density at radius 2 is 1.95 bits per heavy atom. The van der Waals surface area contributed by atoms with Crippen LogP contribution in [0.25, 0.3) is 0 Å². The molecule has 0 atom stereocenters. The van der Waals surface area contributed by atoms with Gasteiger partial charge in [-0.2, -0.15) is 4.98 Å². The van der Waals surface area contributed by atoms with E-state index < -0.39 is 0 Å². The minimum atomic E-state index is 0.321. The third kappa shape index (κ3) is 3.83. The molecule has 0 spiro atoms. The maximum absolute atomic E-state index is 5.85. The van der Waals surface area contributed by atoms with Crippen LogP contribution in [0.5, 0.6) is 0 Å². The van der Waals surface area contributed by atoms with Crippen LogP contribution in [0.15, 0.2) is 6.07 Å². The summed E-state index contributed by atoms with van der Waals surface area (Å²) in [7, 11) is 0. The van der Waals surface area contributed by atoms with Crippen LogP contribution in [-0.2, 0) is 0 Å². The summed E-state index contributed by atoms with van der Waals surface area (Å²) < 4.78 is 0. The number of likely N-dealkylation sites (tertiary alicyclic amines) is 1. The average Bonchev–Trinajstić information content (AvgIpc) is 2.44. The highest BCUT2D eigenvalue weighted by Crippen LogP contribution is 2.35. The molecule has 2 aliphatic rings. The van der Waals surface area contributed by atoms with Crippen molar-refractivity contribution < 1.29 is 0 Å². The van der Waals surface area contributed by atoms with Crippen LogP contribution in [0, 0.1) is 0 Å². The summed E-state index contributed by atoms with van der Waals surface area (Å²) in [6.07, 6.45) is 6.03. The molecule has 116 valence electrons. The molecule has 5 N–H and O–H groups in total. The van der Waals surface area contributed by atoms with E-state index in [9.17, 15) is 0 Å². The Morgan fingerprint density at radius 1 is 1.19 bits per heavy atom. The number of hydrogen-bond acceptors (Lipinski definition) is 6. The van der Waals surface area contributed by atoms with Crippen LogP contribution in [0.4, 0.5) is 11.8 Å². The van der Waals surface area contributed by atoms with Crippen LogP contribution in [0.3, 0.4) is 0 Å². The molecule has 0 aromatic carbocycles. The lowest BCUT2D eigenvalue weighted by Crippen LogP contribution is -2.35. The first kappa shape index (κ1) is 14.5. The summed E-state index contributed by atoms with van der Waals surface area (Å²) in [6.45, 7) is 4.41. The van der Waals surface area contributed by atoms with Gasteiger partial charge in [-0.1, -0.05) is 6.42 Å². The van der Waals surface area contributed by atoms with E-state index >= 15 is 0 Å². The molecule has 3 rings (SSSR count). The van der Waals surface area contributed by atoms with E-state index in [-0.39, 0.29) is 0 Å². The van der Waals surface area contributed by atoms with Crippen LogP contribution >= 0.6 is 0 Å². The second-order valence-corrected chi connectivity index (χ2v) is 6.29. The number of hydrogen-bond donors (Lipinski definition) is 3. The van der Waals surface area contributed by atoms with Crippen molar-refractivity contribution in [1.82, 2.24) is 14.9 Å². The number of nitrogens with one attached hydrogen (secondary N) is 1. The van der Waals surface area contributed by atoms with Gasteiger partial charge in [0, 0.05) is 31.1 Å². The van der Waals surface area contributed by atoms with Crippen LogP contribution in [0.2, 0.25) is 0 Å². The zero-order chi connectivity index (χ0) is 14.7. The van der Waals surface area contributed by atoms with E-state index in [1.54, 1.807) is 0 Å². The van der Waals surface area contributed by atoms with E-state index in [0.29, 0.717) is 17.9 Å². The molecular formula is C15H26N6. The smallest absolute Gasteiger partial charge is 0.222 e. The van der Waals surface area contributed by atoms with Gasteiger partial charge in [-0.3, -0.25) is 0 Å². The molecule has 1 saturated heterocycles. The minimum absolute atomic E-state index is 0.321. The fourth-order valence-electron chi connectivity index (χ4n) is 3.21. The Balaban J connectivity index is 1.52. The van der Waals surface area contributed by atoms with Gasteiger partial charge >= 0.3 is 0 Å². The van der Waals surface area contributed by atoms with Gasteiger partial charge in [0.2, 0.25) is 5.95 Å². The second kappa shape index (κ2) is 6.58. The Hall–Kier alpha value is -1.40. The monoisotopic (exact) mass is 290 g/mol. The fourth-order valence-corrected chi connectivity index (χ4v) is 3.21. The predicted molar refractivity (Wildman–Crippen MR) is 85.2 cm³/mol. The highest BCUT2D eigenvalue weighted by molar-refractivity contribution is 5.42. The molecule has 2 fully saturated rings. The molecule has 0 bridgehead atoms. The van der Waals surface area contributed by atoms with Gasteiger partial charge in [-0.25, -0.2) is 4.98 Å². The highest BCUT2D eigenvalue weighted by atomic mass is 15.2. The molecular weight excluding hydrogens is 264 g/mol. The Kier molecular flexibility index (Phi) is 4.55. The van der Waals surface area contributed by atoms with Crippen molar-refractivity contribution in [3.8, 4) is 0 Å². The molecule has 6 heteroatoms. The second-order valence-electron chi connectivity index (χ2n) is 6.29. The summed E-state index contributed by atoms with van der Waals surface area (Å²) in [6, 6.07) is 2.35. The Labute approximate surface area is 126 Å². The van der Waals surface area contributed by atoms with E-state index in [0.717, 1.165) is 37.4 Å². The molecule has 1 aromatic heterocycles. The average molecular weight is 290 g/mol. The standard InChI is InChI=1S/C15H26N6/c16-12-8-11(9-12)13-10-14(20-15(17)19-13)18-4-7-21-5-2-1-3-6-21/h10-12H,1-9,16H2,(H3,17,18,19,20). The molecule has 2 heterocycles. The molecule has 0 amide bonds. The largest absolute Gasteiger partial charge is 0.369 e. The van der Waals surface area contributed by atoms with Crippen molar-refractivity contribution in [2.24, 2.45) is 5.73 Å². The zero-order valence-electron chi connectivity index (χ0n) is 12.6. The van der Waals surface area contributed by atoms with Gasteiger partial charge in [0.05, 0.1) is 5.69 Å². The van der Waals surface area contributed by atoms with Gasteiger partial charge in [-0.15, -0.1) is 0 Å². The van der Waals surface area contributed by atoms with Gasteiger partial charge in [-0.05, 0) is 38.8 Å². The fraction of sp³-hybridized carbons (Fsp3) is 0.733. The first-order valence-corrected chi connectivity index (χ1v) is 8.07. The van der Waals surface area contributed by atoms with E-state index in [1.807, 2.05) is 6.07 Å². The number of rotatable bonds is 5. The molecule has 1 aliphatic carbocycles. The topological polar surface area (TPSA) is 93.1 Å². The van der Waals surface area contributed by atoms with E-state index in [4.69, 9.17) is 11.5 Å². The maximum Gasteiger partial charge on any atom is 0.222 e. The maximum atomic E-state index is 5.85. The lowest BCUT2D eigenvalue weighted by Gasteiger charge is -2.32. The number of anilines is 2. The van der Waals surface area contributed by atoms with E-state index in [1.165, 1.54) is 32.4 Å². The molecule has 1 aliphatic heterocycles. The van der Waals surface area contributed by atoms with Gasteiger partial charge < -0.3 is 21.7 Å². The summed E-state index contributed by atoms with van der Waals surface area (Å²) in [4.78, 5) is 11.1. The predicted octanol–water partition coefficient (Wildman–Crippen LogP) is 1.16. The van der Waals surface area contributed by atoms with Gasteiger partial charge in [0.15, 0.2) is 0 Å². The molecule has 21 heavy (non-hydrogen) atoms. The molecule has 1 saturated carbocycles. The van der Waals surface area contributed by atoms with Crippen LogP contribution < -0.4 is 16.8 Å². The van der Waals surface area contributed by atoms with Crippen molar-refractivity contribution in [3.05, 3.63) is 11.8 Å². The van der Waals surface area contributed by atoms with Crippen molar-refractivity contribution in [1.29, 1.82) is 0 Å². The van der Waals surface area contributed by atoms with Gasteiger partial charge in [0.25, 0.3) is 0 Å². The molecule has 0 radical (unpaired) electrons. The lowest BCUT2D eigenvalue weighted by atomic mass is 9.78. The Bertz CT molecular complexity index is 465. The van der Waals surface area contributed by atoms with Crippen molar-refractivity contribution >= 4 is 11.8 Å². The molecule has 6 nitrogen and oxygen atoms in total. The molecule has 1 aromatic rings. The quantitative estimate of drug-likeness (QED) is 0.753. The number of piperidine rings is 1. The van der Waals surface area contributed by atoms with Crippen molar-refractivity contribution in [2.45, 2.75) is 44.1 Å². The summed E-state index contributed by atoms with van der Waals surface area (Å²) >= 11 is 0. The van der Waals surface area contributed by atoms with Crippen LogP contribution in [0.1, 0.15) is 43.7 Å². The number of aromatic nitrogens is 2. The summed E-state index contributed by atoms with van der Waals surface area (Å²) in [5.41, 5.74) is 12.7. The third-order valence-electron chi connectivity index (χ3n) is 4.54. The van der Waals surface area contributed by atoms with E-state index in [2.05, 4.69) is 20.2 Å². The third-order valence-corrected chi connectivity index (χ3v) is 4.54. The zero-order valence-corrected chi connectivity index (χ0v) is 12.6. The van der Waals surface area contributed by atoms with Gasteiger partial charge in [0.1, 0.15) is 5.82 Å². The Morgan fingerprint density at radius 3 is 2.67 bits per heavy atom. The first-order valence-electron chi connectivity index (χ1n) is 8.07. The SMILES string of the molecule is Nc1nc(NCCN2CCCCC2)cc(C2CC(N)C2)n1.